The molecule has 0 aliphatic heterocycles. The monoisotopic (exact) mass is 255 g/mol. The Kier molecular flexibility index (Phi) is 3.48. The van der Waals surface area contributed by atoms with E-state index < -0.39 is 0 Å². The third-order valence-corrected chi connectivity index (χ3v) is 2.69. The minimum atomic E-state index is -0.238. The smallest absolute Gasteiger partial charge is 0.244 e. The minimum absolute atomic E-state index is 0.0384. The number of nitrogens with two attached hydrogens (primary N) is 1. The van der Waals surface area contributed by atoms with Crippen molar-refractivity contribution in [3.05, 3.63) is 42.0 Å². The summed E-state index contributed by atoms with van der Waals surface area (Å²) < 4.78 is 1.48. The van der Waals surface area contributed by atoms with Gasteiger partial charge >= 0.3 is 0 Å². The van der Waals surface area contributed by atoms with Crippen LogP contribution in [0.3, 0.4) is 0 Å². The standard InChI is InChI=1S/C13H13N5O/c1-9-2-3-10(6-11(9)15)17-13(19)8-18-5-4-16-12(18)7-14/h2-6H,8,15H2,1H3,(H,17,19). The summed E-state index contributed by atoms with van der Waals surface area (Å²) in [4.78, 5) is 15.7. The van der Waals surface area contributed by atoms with E-state index in [0.29, 0.717) is 11.4 Å². The van der Waals surface area contributed by atoms with Crippen molar-refractivity contribution in [2.24, 2.45) is 0 Å². The van der Waals surface area contributed by atoms with E-state index in [2.05, 4.69) is 10.3 Å². The summed E-state index contributed by atoms with van der Waals surface area (Å²) in [5.74, 6) is -0.0312. The van der Waals surface area contributed by atoms with Crippen LogP contribution in [-0.4, -0.2) is 15.5 Å². The first-order valence-corrected chi connectivity index (χ1v) is 5.67. The molecule has 1 amide bonds. The molecule has 3 N–H and O–H groups in total. The summed E-state index contributed by atoms with van der Waals surface area (Å²) in [5, 5.41) is 11.5. The van der Waals surface area contributed by atoms with Gasteiger partial charge in [0.05, 0.1) is 0 Å². The average molecular weight is 255 g/mol. The van der Waals surface area contributed by atoms with Gasteiger partial charge in [-0.05, 0) is 24.6 Å². The fraction of sp³-hybridized carbons (Fsp3) is 0.154. The Morgan fingerprint density at radius 1 is 1.58 bits per heavy atom. The normalized spacial score (nSPS) is 9.89. The topological polar surface area (TPSA) is 96.7 Å². The van der Waals surface area contributed by atoms with Crippen molar-refractivity contribution in [1.29, 1.82) is 5.26 Å². The number of carbonyl (C=O) groups excluding carboxylic acids is 1. The lowest BCUT2D eigenvalue weighted by Crippen LogP contribution is -2.19. The highest BCUT2D eigenvalue weighted by molar-refractivity contribution is 5.91. The molecule has 19 heavy (non-hydrogen) atoms. The lowest BCUT2D eigenvalue weighted by molar-refractivity contribution is -0.116. The fourth-order valence-corrected chi connectivity index (χ4v) is 1.62. The largest absolute Gasteiger partial charge is 0.398 e. The predicted octanol–water partition coefficient (Wildman–Crippen LogP) is 1.28. The van der Waals surface area contributed by atoms with Gasteiger partial charge in [0.25, 0.3) is 0 Å². The van der Waals surface area contributed by atoms with Crippen LogP contribution in [0.15, 0.2) is 30.6 Å². The van der Waals surface area contributed by atoms with Crippen molar-refractivity contribution >= 4 is 17.3 Å². The second kappa shape index (κ2) is 5.23. The number of nitrogens with zero attached hydrogens (tertiary/aromatic N) is 3. The van der Waals surface area contributed by atoms with E-state index in [1.54, 1.807) is 18.3 Å². The van der Waals surface area contributed by atoms with Gasteiger partial charge in [0.15, 0.2) is 0 Å². The maximum absolute atomic E-state index is 11.8. The van der Waals surface area contributed by atoms with E-state index >= 15 is 0 Å². The lowest BCUT2D eigenvalue weighted by atomic mass is 10.2. The molecule has 0 aliphatic carbocycles. The zero-order valence-corrected chi connectivity index (χ0v) is 10.4. The molecule has 0 saturated heterocycles. The van der Waals surface area contributed by atoms with Crippen LogP contribution in [0, 0.1) is 18.3 Å². The third kappa shape index (κ3) is 2.90. The molecule has 0 spiro atoms. The van der Waals surface area contributed by atoms with Crippen molar-refractivity contribution in [3.63, 3.8) is 0 Å². The molecule has 0 aliphatic rings. The van der Waals surface area contributed by atoms with Gasteiger partial charge in [0.1, 0.15) is 12.6 Å². The van der Waals surface area contributed by atoms with Crippen molar-refractivity contribution < 1.29 is 4.79 Å². The van der Waals surface area contributed by atoms with Crippen LogP contribution in [0.2, 0.25) is 0 Å². The van der Waals surface area contributed by atoms with Crippen LogP contribution in [0.1, 0.15) is 11.4 Å². The van der Waals surface area contributed by atoms with Crippen molar-refractivity contribution in [1.82, 2.24) is 9.55 Å². The van der Waals surface area contributed by atoms with Gasteiger partial charge in [0, 0.05) is 23.8 Å². The van der Waals surface area contributed by atoms with Crippen LogP contribution in [-0.2, 0) is 11.3 Å². The molecule has 96 valence electrons. The molecule has 6 heteroatoms. The summed E-state index contributed by atoms with van der Waals surface area (Å²) in [6, 6.07) is 7.23. The molecule has 0 bridgehead atoms. The number of nitrogen functional groups attached to an aromatic ring is 1. The molecule has 0 atom stereocenters. The molecule has 2 aromatic rings. The van der Waals surface area contributed by atoms with Gasteiger partial charge in [-0.15, -0.1) is 0 Å². The summed E-state index contributed by atoms with van der Waals surface area (Å²) >= 11 is 0. The molecular formula is C13H13N5O. The van der Waals surface area contributed by atoms with Crippen LogP contribution in [0.4, 0.5) is 11.4 Å². The van der Waals surface area contributed by atoms with E-state index in [4.69, 9.17) is 11.0 Å². The van der Waals surface area contributed by atoms with Crippen LogP contribution < -0.4 is 11.1 Å². The number of benzene rings is 1. The summed E-state index contributed by atoms with van der Waals surface area (Å²) in [6.45, 7) is 1.93. The number of aryl methyl sites for hydroxylation is 1. The lowest BCUT2D eigenvalue weighted by Gasteiger charge is -2.08. The number of nitrogens with one attached hydrogen (secondary N) is 1. The number of imidazole rings is 1. The SMILES string of the molecule is Cc1ccc(NC(=O)Cn2ccnc2C#N)cc1N. The van der Waals surface area contributed by atoms with Crippen molar-refractivity contribution in [2.75, 3.05) is 11.1 Å². The highest BCUT2D eigenvalue weighted by atomic mass is 16.1. The Hall–Kier alpha value is -2.81. The van der Waals surface area contributed by atoms with Crippen LogP contribution in [0.5, 0.6) is 0 Å². The summed E-state index contributed by atoms with van der Waals surface area (Å²) in [5.41, 5.74) is 7.98. The Labute approximate surface area is 110 Å². The molecule has 1 heterocycles. The molecule has 0 fully saturated rings. The van der Waals surface area contributed by atoms with Gasteiger partial charge in [-0.1, -0.05) is 6.07 Å². The molecular weight excluding hydrogens is 242 g/mol. The molecule has 0 radical (unpaired) electrons. The third-order valence-electron chi connectivity index (χ3n) is 2.69. The Balaban J connectivity index is 2.06. The van der Waals surface area contributed by atoms with E-state index in [-0.39, 0.29) is 18.3 Å². The fourth-order valence-electron chi connectivity index (χ4n) is 1.62. The zero-order chi connectivity index (χ0) is 13.8. The number of anilines is 2. The number of nitriles is 1. The van der Waals surface area contributed by atoms with Gasteiger partial charge < -0.3 is 15.6 Å². The molecule has 1 aromatic heterocycles. The number of aromatic nitrogens is 2. The number of hydrogen-bond donors (Lipinski definition) is 2. The van der Waals surface area contributed by atoms with Crippen LogP contribution in [0.25, 0.3) is 0 Å². The number of rotatable bonds is 3. The van der Waals surface area contributed by atoms with Crippen molar-refractivity contribution in [3.8, 4) is 6.07 Å². The highest BCUT2D eigenvalue weighted by Gasteiger charge is 2.08. The molecule has 0 saturated carbocycles. The first-order chi connectivity index (χ1) is 9.10. The Morgan fingerprint density at radius 3 is 3.05 bits per heavy atom. The Morgan fingerprint density at radius 2 is 2.37 bits per heavy atom. The molecule has 6 nitrogen and oxygen atoms in total. The van der Waals surface area contributed by atoms with Crippen LogP contribution >= 0.6 is 0 Å². The highest BCUT2D eigenvalue weighted by Crippen LogP contribution is 2.16. The predicted molar refractivity (Wildman–Crippen MR) is 71.2 cm³/mol. The zero-order valence-electron chi connectivity index (χ0n) is 10.4. The van der Waals surface area contributed by atoms with Gasteiger partial charge in [-0.2, -0.15) is 5.26 Å². The molecule has 1 aromatic carbocycles. The minimum Gasteiger partial charge on any atom is -0.398 e. The number of hydrogen-bond acceptors (Lipinski definition) is 4. The maximum atomic E-state index is 11.8. The van der Waals surface area contributed by atoms with E-state index in [1.807, 2.05) is 19.1 Å². The second-order valence-electron chi connectivity index (χ2n) is 4.11. The van der Waals surface area contributed by atoms with E-state index in [0.717, 1.165) is 5.56 Å². The number of carbonyl (C=O) groups is 1. The summed E-state index contributed by atoms with van der Waals surface area (Å²) in [6.07, 6.45) is 3.07. The van der Waals surface area contributed by atoms with Gasteiger partial charge in [-0.3, -0.25) is 4.79 Å². The second-order valence-corrected chi connectivity index (χ2v) is 4.11. The average Bonchev–Trinajstić information content (AvgIpc) is 2.81. The quantitative estimate of drug-likeness (QED) is 0.807. The first kappa shape index (κ1) is 12.6. The molecule has 2 rings (SSSR count). The van der Waals surface area contributed by atoms with E-state index in [1.165, 1.54) is 10.8 Å². The maximum Gasteiger partial charge on any atom is 0.244 e. The van der Waals surface area contributed by atoms with Gasteiger partial charge in [0.2, 0.25) is 11.7 Å². The van der Waals surface area contributed by atoms with E-state index in [9.17, 15) is 4.79 Å². The summed E-state index contributed by atoms with van der Waals surface area (Å²) in [7, 11) is 0. The number of amides is 1. The van der Waals surface area contributed by atoms with Crippen molar-refractivity contribution in [2.45, 2.75) is 13.5 Å². The van der Waals surface area contributed by atoms with Gasteiger partial charge in [-0.25, -0.2) is 4.98 Å². The molecule has 0 unspecified atom stereocenters. The Bertz CT molecular complexity index is 653. The first-order valence-electron chi connectivity index (χ1n) is 5.67.